The van der Waals surface area contributed by atoms with Crippen LogP contribution in [0.15, 0.2) is 24.3 Å². The van der Waals surface area contributed by atoms with E-state index < -0.39 is 0 Å². The van der Waals surface area contributed by atoms with Gasteiger partial charge in [0.2, 0.25) is 0 Å². The number of amides is 1. The third kappa shape index (κ3) is 3.38. The second-order valence-electron chi connectivity index (χ2n) is 6.29. The molecule has 1 saturated heterocycles. The maximum Gasteiger partial charge on any atom is 0.254 e. The SMILES string of the molecule is CC(C)(C)c1ccccc1C(=O)N1CCCC(Br)C1. The molecular weight excluding hydrogens is 302 g/mol. The molecule has 0 saturated carbocycles. The molecular formula is C16H22BrNO. The number of rotatable bonds is 1. The number of likely N-dealkylation sites (tertiary alicyclic amines) is 1. The molecule has 3 heteroatoms. The summed E-state index contributed by atoms with van der Waals surface area (Å²) in [5, 5.41) is 0. The van der Waals surface area contributed by atoms with Crippen LogP contribution in [0.3, 0.4) is 0 Å². The standard InChI is InChI=1S/C16H22BrNO/c1-16(2,3)14-9-5-4-8-13(14)15(19)18-10-6-7-12(17)11-18/h4-5,8-9,12H,6-7,10-11H2,1-3H3. The molecule has 1 heterocycles. The molecule has 0 radical (unpaired) electrons. The van der Waals surface area contributed by atoms with Gasteiger partial charge >= 0.3 is 0 Å². The van der Waals surface area contributed by atoms with Gasteiger partial charge in [-0.2, -0.15) is 0 Å². The van der Waals surface area contributed by atoms with E-state index in [0.717, 1.165) is 37.1 Å². The van der Waals surface area contributed by atoms with Gasteiger partial charge in [0.1, 0.15) is 0 Å². The van der Waals surface area contributed by atoms with E-state index >= 15 is 0 Å². The number of hydrogen-bond donors (Lipinski definition) is 0. The zero-order valence-corrected chi connectivity index (χ0v) is 13.5. The third-order valence-corrected chi connectivity index (χ3v) is 4.36. The summed E-state index contributed by atoms with van der Waals surface area (Å²) in [6.45, 7) is 8.16. The van der Waals surface area contributed by atoms with Crippen LogP contribution < -0.4 is 0 Å². The van der Waals surface area contributed by atoms with Gasteiger partial charge < -0.3 is 4.90 Å². The lowest BCUT2D eigenvalue weighted by Crippen LogP contribution is -2.41. The van der Waals surface area contributed by atoms with Crippen LogP contribution in [0, 0.1) is 0 Å². The first-order valence-electron chi connectivity index (χ1n) is 6.92. The van der Waals surface area contributed by atoms with Crippen LogP contribution in [0.2, 0.25) is 0 Å². The van der Waals surface area contributed by atoms with Crippen LogP contribution in [-0.4, -0.2) is 28.7 Å². The fraction of sp³-hybridized carbons (Fsp3) is 0.562. The molecule has 0 bridgehead atoms. The number of alkyl halides is 1. The highest BCUT2D eigenvalue weighted by molar-refractivity contribution is 9.09. The Morgan fingerprint density at radius 3 is 2.63 bits per heavy atom. The molecule has 2 rings (SSSR count). The summed E-state index contributed by atoms with van der Waals surface area (Å²) in [4.78, 5) is 15.1. The van der Waals surface area contributed by atoms with Crippen molar-refractivity contribution in [2.24, 2.45) is 0 Å². The van der Waals surface area contributed by atoms with Gasteiger partial charge in [0.25, 0.3) is 5.91 Å². The fourth-order valence-electron chi connectivity index (χ4n) is 2.60. The lowest BCUT2D eigenvalue weighted by atomic mass is 9.83. The number of hydrogen-bond acceptors (Lipinski definition) is 1. The second kappa shape index (κ2) is 5.66. The Morgan fingerprint density at radius 2 is 2.00 bits per heavy atom. The molecule has 1 unspecified atom stereocenters. The quantitative estimate of drug-likeness (QED) is 0.716. The van der Waals surface area contributed by atoms with E-state index in [0.29, 0.717) is 4.83 Å². The van der Waals surface area contributed by atoms with E-state index in [-0.39, 0.29) is 11.3 Å². The van der Waals surface area contributed by atoms with E-state index in [1.165, 1.54) is 0 Å². The van der Waals surface area contributed by atoms with Crippen molar-refractivity contribution in [2.75, 3.05) is 13.1 Å². The summed E-state index contributed by atoms with van der Waals surface area (Å²) >= 11 is 3.63. The molecule has 1 aliphatic rings. The molecule has 1 aromatic rings. The fourth-order valence-corrected chi connectivity index (χ4v) is 3.28. The maximum atomic E-state index is 12.7. The predicted molar refractivity (Wildman–Crippen MR) is 83.0 cm³/mol. The smallest absolute Gasteiger partial charge is 0.254 e. The number of benzene rings is 1. The minimum absolute atomic E-state index is 0.00412. The van der Waals surface area contributed by atoms with Crippen molar-refractivity contribution in [3.63, 3.8) is 0 Å². The van der Waals surface area contributed by atoms with E-state index in [1.807, 2.05) is 23.1 Å². The molecule has 1 fully saturated rings. The minimum Gasteiger partial charge on any atom is -0.338 e. The van der Waals surface area contributed by atoms with Gasteiger partial charge in [0.15, 0.2) is 0 Å². The third-order valence-electron chi connectivity index (χ3n) is 3.62. The Hall–Kier alpha value is -0.830. The molecule has 104 valence electrons. The van der Waals surface area contributed by atoms with E-state index in [9.17, 15) is 4.79 Å². The van der Waals surface area contributed by atoms with Gasteiger partial charge in [-0.3, -0.25) is 4.79 Å². The Morgan fingerprint density at radius 1 is 1.32 bits per heavy atom. The van der Waals surface area contributed by atoms with Crippen LogP contribution in [-0.2, 0) is 5.41 Å². The van der Waals surface area contributed by atoms with E-state index in [2.05, 4.69) is 42.8 Å². The van der Waals surface area contributed by atoms with Crippen molar-refractivity contribution in [3.8, 4) is 0 Å². The lowest BCUT2D eigenvalue weighted by Gasteiger charge is -2.32. The summed E-state index contributed by atoms with van der Waals surface area (Å²) in [7, 11) is 0. The predicted octanol–water partition coefficient (Wildman–Crippen LogP) is 3.98. The number of nitrogens with zero attached hydrogens (tertiary/aromatic N) is 1. The van der Waals surface area contributed by atoms with Crippen LogP contribution in [0.1, 0.15) is 49.5 Å². The topological polar surface area (TPSA) is 20.3 Å². The Bertz CT molecular complexity index is 464. The molecule has 1 aromatic carbocycles. The summed E-state index contributed by atoms with van der Waals surface area (Å²) in [6, 6.07) is 8.00. The highest BCUT2D eigenvalue weighted by Gasteiger charge is 2.27. The molecule has 0 spiro atoms. The largest absolute Gasteiger partial charge is 0.338 e. The molecule has 0 aromatic heterocycles. The van der Waals surface area contributed by atoms with Crippen molar-refractivity contribution >= 4 is 21.8 Å². The number of carbonyl (C=O) groups is 1. The van der Waals surface area contributed by atoms with E-state index in [1.54, 1.807) is 0 Å². The minimum atomic E-state index is -0.00412. The van der Waals surface area contributed by atoms with Crippen LogP contribution >= 0.6 is 15.9 Å². The summed E-state index contributed by atoms with van der Waals surface area (Å²) in [6.07, 6.45) is 2.24. The normalized spacial score (nSPS) is 20.4. The van der Waals surface area contributed by atoms with Crippen molar-refractivity contribution in [1.29, 1.82) is 0 Å². The molecule has 1 amide bonds. The maximum absolute atomic E-state index is 12.7. The monoisotopic (exact) mass is 323 g/mol. The van der Waals surface area contributed by atoms with Gasteiger partial charge in [0, 0.05) is 23.5 Å². The Labute approximate surface area is 124 Å². The van der Waals surface area contributed by atoms with Crippen LogP contribution in [0.4, 0.5) is 0 Å². The zero-order chi connectivity index (χ0) is 14.0. The average Bonchev–Trinajstić information content (AvgIpc) is 2.37. The lowest BCUT2D eigenvalue weighted by molar-refractivity contribution is 0.0727. The number of carbonyl (C=O) groups excluding carboxylic acids is 1. The average molecular weight is 324 g/mol. The molecule has 19 heavy (non-hydrogen) atoms. The van der Waals surface area contributed by atoms with Crippen molar-refractivity contribution in [2.45, 2.75) is 43.9 Å². The molecule has 0 N–H and O–H groups in total. The summed E-state index contributed by atoms with van der Waals surface area (Å²) < 4.78 is 0. The van der Waals surface area contributed by atoms with E-state index in [4.69, 9.17) is 0 Å². The first-order chi connectivity index (χ1) is 8.89. The first-order valence-corrected chi connectivity index (χ1v) is 7.84. The van der Waals surface area contributed by atoms with Crippen molar-refractivity contribution in [1.82, 2.24) is 4.90 Å². The molecule has 0 aliphatic carbocycles. The van der Waals surface area contributed by atoms with Crippen molar-refractivity contribution < 1.29 is 4.79 Å². The Balaban J connectivity index is 2.29. The van der Waals surface area contributed by atoms with Gasteiger partial charge in [0.05, 0.1) is 0 Å². The second-order valence-corrected chi connectivity index (χ2v) is 7.58. The summed E-state index contributed by atoms with van der Waals surface area (Å²) in [5.41, 5.74) is 1.99. The summed E-state index contributed by atoms with van der Waals surface area (Å²) in [5.74, 6) is 0.176. The molecule has 1 aliphatic heterocycles. The van der Waals surface area contributed by atoms with Gasteiger partial charge in [-0.05, 0) is 29.9 Å². The first kappa shape index (κ1) is 14.6. The zero-order valence-electron chi connectivity index (χ0n) is 11.9. The van der Waals surface area contributed by atoms with Crippen LogP contribution in [0.25, 0.3) is 0 Å². The van der Waals surface area contributed by atoms with Crippen LogP contribution in [0.5, 0.6) is 0 Å². The van der Waals surface area contributed by atoms with Crippen molar-refractivity contribution in [3.05, 3.63) is 35.4 Å². The number of piperidine rings is 1. The van der Waals surface area contributed by atoms with Gasteiger partial charge in [-0.25, -0.2) is 0 Å². The molecule has 2 nitrogen and oxygen atoms in total. The molecule has 1 atom stereocenters. The van der Waals surface area contributed by atoms with Gasteiger partial charge in [-0.1, -0.05) is 54.9 Å². The highest BCUT2D eigenvalue weighted by atomic mass is 79.9. The van der Waals surface area contributed by atoms with Gasteiger partial charge in [-0.15, -0.1) is 0 Å². The number of halogens is 1. The highest BCUT2D eigenvalue weighted by Crippen LogP contribution is 2.27. The Kier molecular flexibility index (Phi) is 4.34.